The van der Waals surface area contributed by atoms with Gasteiger partial charge in [0.05, 0.1) is 5.56 Å². The van der Waals surface area contributed by atoms with Crippen LogP contribution >= 0.6 is 0 Å². The molecule has 0 spiro atoms. The first-order chi connectivity index (χ1) is 10.2. The summed E-state index contributed by atoms with van der Waals surface area (Å²) in [5, 5.41) is 14.6. The maximum absolute atomic E-state index is 5.76. The van der Waals surface area contributed by atoms with E-state index in [4.69, 9.17) is 9.15 Å². The molecule has 0 radical (unpaired) electrons. The molecule has 1 aromatic carbocycles. The average molecular weight is 285 g/mol. The van der Waals surface area contributed by atoms with Gasteiger partial charge in [-0.2, -0.15) is 5.10 Å². The quantitative estimate of drug-likeness (QED) is 0.774. The number of benzene rings is 1. The number of nitrogens with zero attached hydrogens (tertiary/aromatic N) is 4. The summed E-state index contributed by atoms with van der Waals surface area (Å²) in [6.45, 7) is 4.21. The van der Waals surface area contributed by atoms with Gasteiger partial charge in [0.25, 0.3) is 5.89 Å². The van der Waals surface area contributed by atoms with Gasteiger partial charge in [0.15, 0.2) is 12.4 Å². The van der Waals surface area contributed by atoms with Crippen LogP contribution in [-0.2, 0) is 6.61 Å². The van der Waals surface area contributed by atoms with Crippen molar-refractivity contribution in [2.75, 3.05) is 0 Å². The van der Waals surface area contributed by atoms with Crippen LogP contribution in [0.3, 0.4) is 0 Å². The van der Waals surface area contributed by atoms with Crippen molar-refractivity contribution >= 4 is 0 Å². The molecule has 0 aliphatic carbocycles. The second-order valence-electron chi connectivity index (χ2n) is 4.81. The van der Waals surface area contributed by atoms with E-state index in [2.05, 4.69) is 25.4 Å². The van der Waals surface area contributed by atoms with Crippen LogP contribution in [0.25, 0.3) is 11.4 Å². The van der Waals surface area contributed by atoms with E-state index in [-0.39, 0.29) is 12.5 Å². The zero-order valence-electron chi connectivity index (χ0n) is 11.8. The minimum Gasteiger partial charge on any atom is -0.483 e. The third kappa shape index (κ3) is 2.91. The zero-order valence-corrected chi connectivity index (χ0v) is 11.8. The fourth-order valence-corrected chi connectivity index (χ4v) is 1.82. The Hall–Kier alpha value is -2.70. The predicted octanol–water partition coefficient (Wildman–Crippen LogP) is 2.56. The Balaban J connectivity index is 1.76. The Morgan fingerprint density at radius 2 is 2.10 bits per heavy atom. The molecule has 0 fully saturated rings. The van der Waals surface area contributed by atoms with Crippen LogP contribution in [0.15, 0.2) is 35.0 Å². The second-order valence-corrected chi connectivity index (χ2v) is 4.81. The number of para-hydroxylation sites is 1. The number of H-pyrrole nitrogens is 1. The molecule has 21 heavy (non-hydrogen) atoms. The molecule has 0 unspecified atom stereocenters. The van der Waals surface area contributed by atoms with Gasteiger partial charge in [0.2, 0.25) is 5.89 Å². The molecule has 1 N–H and O–H groups in total. The maximum atomic E-state index is 5.76. The first kappa shape index (κ1) is 13.3. The molecule has 0 aliphatic heterocycles. The summed E-state index contributed by atoms with van der Waals surface area (Å²) < 4.78 is 11.3. The minimum atomic E-state index is 0.202. The molecule has 0 saturated carbocycles. The highest BCUT2D eigenvalue weighted by Crippen LogP contribution is 2.27. The maximum Gasteiger partial charge on any atom is 0.253 e. The van der Waals surface area contributed by atoms with Crippen molar-refractivity contribution in [3.63, 3.8) is 0 Å². The molecular formula is C14H15N5O2. The zero-order chi connectivity index (χ0) is 14.7. The number of nitrogens with one attached hydrogen (secondary N) is 1. The van der Waals surface area contributed by atoms with Gasteiger partial charge < -0.3 is 9.15 Å². The summed E-state index contributed by atoms with van der Waals surface area (Å²) in [6.07, 6.45) is 1.46. The normalized spacial score (nSPS) is 11.0. The van der Waals surface area contributed by atoms with Gasteiger partial charge in [-0.05, 0) is 12.1 Å². The fourth-order valence-electron chi connectivity index (χ4n) is 1.82. The molecule has 3 aromatic rings. The summed E-state index contributed by atoms with van der Waals surface area (Å²) in [6, 6.07) is 7.57. The molecule has 7 heteroatoms. The molecular weight excluding hydrogens is 270 g/mol. The summed E-state index contributed by atoms with van der Waals surface area (Å²) >= 11 is 0. The van der Waals surface area contributed by atoms with Crippen LogP contribution in [-0.4, -0.2) is 25.4 Å². The van der Waals surface area contributed by atoms with Crippen molar-refractivity contribution < 1.29 is 9.15 Å². The lowest BCUT2D eigenvalue weighted by atomic mass is 10.2. The highest BCUT2D eigenvalue weighted by Gasteiger charge is 2.12. The van der Waals surface area contributed by atoms with E-state index in [0.29, 0.717) is 23.4 Å². The lowest BCUT2D eigenvalue weighted by Crippen LogP contribution is -1.98. The number of aromatic nitrogens is 5. The first-order valence-electron chi connectivity index (χ1n) is 6.64. The van der Waals surface area contributed by atoms with E-state index in [1.54, 1.807) is 0 Å². The van der Waals surface area contributed by atoms with E-state index >= 15 is 0 Å². The van der Waals surface area contributed by atoms with Crippen LogP contribution in [0, 0.1) is 0 Å². The van der Waals surface area contributed by atoms with Crippen molar-refractivity contribution in [2.24, 2.45) is 0 Å². The van der Waals surface area contributed by atoms with Gasteiger partial charge in [-0.3, -0.25) is 5.10 Å². The van der Waals surface area contributed by atoms with Crippen LogP contribution in [0.2, 0.25) is 0 Å². The Bertz CT molecular complexity index is 706. The Morgan fingerprint density at radius 1 is 1.24 bits per heavy atom. The molecule has 3 rings (SSSR count). The highest BCUT2D eigenvalue weighted by atomic mass is 16.5. The largest absolute Gasteiger partial charge is 0.483 e. The fraction of sp³-hybridized carbons (Fsp3) is 0.286. The lowest BCUT2D eigenvalue weighted by molar-refractivity contribution is 0.258. The van der Waals surface area contributed by atoms with Crippen molar-refractivity contribution in [1.82, 2.24) is 25.4 Å². The van der Waals surface area contributed by atoms with Gasteiger partial charge in [-0.1, -0.05) is 26.0 Å². The second kappa shape index (κ2) is 5.74. The van der Waals surface area contributed by atoms with Gasteiger partial charge in [0.1, 0.15) is 12.1 Å². The molecule has 0 bridgehead atoms. The summed E-state index contributed by atoms with van der Waals surface area (Å²) in [7, 11) is 0. The molecule has 7 nitrogen and oxygen atoms in total. The SMILES string of the molecule is CC(C)c1nnc(COc2ccccc2-c2ncn[nH]2)o1. The molecule has 0 saturated heterocycles. The van der Waals surface area contributed by atoms with Crippen molar-refractivity contribution in [3.8, 4) is 17.1 Å². The summed E-state index contributed by atoms with van der Waals surface area (Å²) in [4.78, 5) is 4.13. The van der Waals surface area contributed by atoms with E-state index in [0.717, 1.165) is 5.56 Å². The first-order valence-corrected chi connectivity index (χ1v) is 6.64. The number of ether oxygens (including phenoxy) is 1. The smallest absolute Gasteiger partial charge is 0.253 e. The Morgan fingerprint density at radius 3 is 2.81 bits per heavy atom. The van der Waals surface area contributed by atoms with Crippen LogP contribution in [0.5, 0.6) is 5.75 Å². The predicted molar refractivity (Wildman–Crippen MR) is 74.5 cm³/mol. The Kier molecular flexibility index (Phi) is 3.63. The van der Waals surface area contributed by atoms with E-state index in [1.807, 2.05) is 38.1 Å². The van der Waals surface area contributed by atoms with E-state index < -0.39 is 0 Å². The molecule has 0 aliphatic rings. The third-order valence-corrected chi connectivity index (χ3v) is 2.88. The van der Waals surface area contributed by atoms with Gasteiger partial charge in [-0.15, -0.1) is 10.2 Å². The number of hydrogen-bond donors (Lipinski definition) is 1. The molecule has 108 valence electrons. The van der Waals surface area contributed by atoms with Crippen molar-refractivity contribution in [2.45, 2.75) is 26.4 Å². The van der Waals surface area contributed by atoms with Crippen molar-refractivity contribution in [1.29, 1.82) is 0 Å². The van der Waals surface area contributed by atoms with Crippen LogP contribution in [0.1, 0.15) is 31.5 Å². The van der Waals surface area contributed by atoms with Crippen LogP contribution < -0.4 is 4.74 Å². The van der Waals surface area contributed by atoms with Crippen LogP contribution in [0.4, 0.5) is 0 Å². The van der Waals surface area contributed by atoms with Gasteiger partial charge >= 0.3 is 0 Å². The lowest BCUT2D eigenvalue weighted by Gasteiger charge is -2.07. The standard InChI is InChI=1S/C14H15N5O2/c1-9(2)14-19-17-12(21-14)7-20-11-6-4-3-5-10(11)13-15-8-16-18-13/h3-6,8-9H,7H2,1-2H3,(H,15,16,18). The number of hydrogen-bond acceptors (Lipinski definition) is 6. The summed E-state index contributed by atoms with van der Waals surface area (Å²) in [5.74, 6) is 2.59. The monoisotopic (exact) mass is 285 g/mol. The van der Waals surface area contributed by atoms with E-state index in [1.165, 1.54) is 6.33 Å². The highest BCUT2D eigenvalue weighted by molar-refractivity contribution is 5.63. The van der Waals surface area contributed by atoms with Gasteiger partial charge in [0, 0.05) is 5.92 Å². The molecule has 2 heterocycles. The minimum absolute atomic E-state index is 0.202. The number of aromatic amines is 1. The number of rotatable bonds is 5. The average Bonchev–Trinajstić information content (AvgIpc) is 3.17. The topological polar surface area (TPSA) is 89.7 Å². The Labute approximate surface area is 121 Å². The summed E-state index contributed by atoms with van der Waals surface area (Å²) in [5.41, 5.74) is 0.832. The van der Waals surface area contributed by atoms with Crippen molar-refractivity contribution in [3.05, 3.63) is 42.4 Å². The molecule has 2 aromatic heterocycles. The molecule has 0 amide bonds. The van der Waals surface area contributed by atoms with Gasteiger partial charge in [-0.25, -0.2) is 4.98 Å². The molecule has 0 atom stereocenters. The van der Waals surface area contributed by atoms with E-state index in [9.17, 15) is 0 Å². The third-order valence-electron chi connectivity index (χ3n) is 2.88.